The number of nitrogens with zero attached hydrogens (tertiary/aromatic N) is 3. The van der Waals surface area contributed by atoms with Crippen molar-refractivity contribution in [1.29, 1.82) is 0 Å². The van der Waals surface area contributed by atoms with E-state index in [-0.39, 0.29) is 11.7 Å². The molecule has 6 nitrogen and oxygen atoms in total. The van der Waals surface area contributed by atoms with Crippen molar-refractivity contribution in [3.8, 4) is 17.2 Å². The number of amides is 1. The number of hydrogen-bond donors (Lipinski definition) is 0. The lowest BCUT2D eigenvalue weighted by atomic mass is 10.1. The lowest BCUT2D eigenvalue weighted by Gasteiger charge is -2.27. The topological polar surface area (TPSA) is 64.6 Å². The average Bonchev–Trinajstić information content (AvgIpc) is 2.68. The summed E-state index contributed by atoms with van der Waals surface area (Å²) in [5.74, 6) is 2.05. The van der Waals surface area contributed by atoms with Gasteiger partial charge in [0.2, 0.25) is 5.82 Å². The Kier molecular flexibility index (Phi) is 4.23. The van der Waals surface area contributed by atoms with Crippen LogP contribution in [0.5, 0.6) is 17.2 Å². The largest absolute Gasteiger partial charge is 0.497 e. The molecule has 0 unspecified atom stereocenters. The molecular weight excluding hydrogens is 330 g/mol. The van der Waals surface area contributed by atoms with Crippen LogP contribution in [-0.2, 0) is 13.1 Å². The van der Waals surface area contributed by atoms with Gasteiger partial charge in [0, 0.05) is 29.6 Å². The average molecular weight is 347 g/mol. The monoisotopic (exact) mass is 347 g/mol. The van der Waals surface area contributed by atoms with Crippen molar-refractivity contribution in [2.24, 2.45) is 0 Å². The van der Waals surface area contributed by atoms with Crippen LogP contribution in [-0.4, -0.2) is 27.9 Å². The van der Waals surface area contributed by atoms with E-state index in [9.17, 15) is 4.79 Å². The number of fused-ring (bicyclic) bond motifs is 2. The summed E-state index contributed by atoms with van der Waals surface area (Å²) in [6, 6.07) is 15.0. The number of carbonyl (C=O) groups is 1. The smallest absolute Gasteiger partial charge is 0.292 e. The fourth-order valence-electron chi connectivity index (χ4n) is 2.90. The second-order valence-corrected chi connectivity index (χ2v) is 5.92. The third-order valence-corrected chi connectivity index (χ3v) is 4.23. The van der Waals surface area contributed by atoms with Gasteiger partial charge in [-0.2, -0.15) is 0 Å². The predicted molar refractivity (Wildman–Crippen MR) is 95.1 cm³/mol. The standard InChI is InChI=1S/C20H17N3O3/c1-25-16-8-7-15-13-23(20(24)19-21-9-4-10-22-19)12-14-5-2-3-6-17(14)26-18(15)11-16/h2-11H,12-13H2,1H3. The summed E-state index contributed by atoms with van der Waals surface area (Å²) in [4.78, 5) is 22.9. The molecule has 1 amide bonds. The van der Waals surface area contributed by atoms with Crippen LogP contribution in [0.3, 0.4) is 0 Å². The zero-order valence-corrected chi connectivity index (χ0v) is 14.3. The molecule has 0 atom stereocenters. The van der Waals surface area contributed by atoms with Crippen molar-refractivity contribution in [2.45, 2.75) is 13.1 Å². The van der Waals surface area contributed by atoms with E-state index < -0.39 is 0 Å². The molecule has 0 radical (unpaired) electrons. The first kappa shape index (κ1) is 16.1. The molecule has 0 bridgehead atoms. The lowest BCUT2D eigenvalue weighted by molar-refractivity contribution is 0.0712. The zero-order chi connectivity index (χ0) is 17.9. The molecule has 0 fully saturated rings. The molecular formula is C20H17N3O3. The Morgan fingerprint density at radius 3 is 2.50 bits per heavy atom. The number of para-hydroxylation sites is 1. The van der Waals surface area contributed by atoms with Crippen molar-refractivity contribution in [3.63, 3.8) is 0 Å². The highest BCUT2D eigenvalue weighted by Gasteiger charge is 2.24. The van der Waals surface area contributed by atoms with E-state index in [1.807, 2.05) is 42.5 Å². The molecule has 4 rings (SSSR count). The molecule has 3 aromatic rings. The van der Waals surface area contributed by atoms with Gasteiger partial charge in [-0.3, -0.25) is 4.79 Å². The summed E-state index contributed by atoms with van der Waals surface area (Å²) in [6.07, 6.45) is 3.14. The number of benzene rings is 2. The SMILES string of the molecule is COc1ccc2c(c1)Oc1ccccc1CN(C(=O)c1ncccn1)C2. The number of ether oxygens (including phenoxy) is 2. The van der Waals surface area contributed by atoms with Crippen molar-refractivity contribution < 1.29 is 14.3 Å². The molecule has 0 aliphatic carbocycles. The molecule has 0 saturated carbocycles. The highest BCUT2D eigenvalue weighted by atomic mass is 16.5. The molecule has 2 aromatic carbocycles. The first-order valence-corrected chi connectivity index (χ1v) is 8.23. The molecule has 0 saturated heterocycles. The Bertz CT molecular complexity index is 944. The molecule has 26 heavy (non-hydrogen) atoms. The lowest BCUT2D eigenvalue weighted by Crippen LogP contribution is -2.32. The molecule has 6 heteroatoms. The second kappa shape index (κ2) is 6.84. The fraction of sp³-hybridized carbons (Fsp3) is 0.150. The van der Waals surface area contributed by atoms with Crippen LogP contribution >= 0.6 is 0 Å². The van der Waals surface area contributed by atoms with Crippen LogP contribution in [0, 0.1) is 0 Å². The summed E-state index contributed by atoms with van der Waals surface area (Å²) in [5.41, 5.74) is 1.81. The van der Waals surface area contributed by atoms with Crippen molar-refractivity contribution in [2.75, 3.05) is 7.11 Å². The fourth-order valence-corrected chi connectivity index (χ4v) is 2.90. The zero-order valence-electron chi connectivity index (χ0n) is 14.3. The van der Waals surface area contributed by atoms with Crippen LogP contribution in [0.15, 0.2) is 60.9 Å². The minimum absolute atomic E-state index is 0.182. The van der Waals surface area contributed by atoms with Gasteiger partial charge in [-0.15, -0.1) is 0 Å². The van der Waals surface area contributed by atoms with Crippen LogP contribution in [0.1, 0.15) is 21.7 Å². The summed E-state index contributed by atoms with van der Waals surface area (Å²) >= 11 is 0. The van der Waals surface area contributed by atoms with E-state index in [4.69, 9.17) is 9.47 Å². The Morgan fingerprint density at radius 1 is 1.00 bits per heavy atom. The highest BCUT2D eigenvalue weighted by Crippen LogP contribution is 2.35. The third kappa shape index (κ3) is 3.09. The molecule has 2 heterocycles. The van der Waals surface area contributed by atoms with Crippen molar-refractivity contribution in [1.82, 2.24) is 14.9 Å². The van der Waals surface area contributed by atoms with Gasteiger partial charge < -0.3 is 14.4 Å². The minimum Gasteiger partial charge on any atom is -0.497 e. The maximum absolute atomic E-state index is 12.9. The number of carbonyl (C=O) groups excluding carboxylic acids is 1. The van der Waals surface area contributed by atoms with E-state index in [1.165, 1.54) is 0 Å². The van der Waals surface area contributed by atoms with E-state index in [2.05, 4.69) is 9.97 Å². The Hall–Kier alpha value is -3.41. The highest BCUT2D eigenvalue weighted by molar-refractivity contribution is 5.90. The number of rotatable bonds is 2. The Morgan fingerprint density at radius 2 is 1.73 bits per heavy atom. The number of hydrogen-bond acceptors (Lipinski definition) is 5. The number of methoxy groups -OCH3 is 1. The van der Waals surface area contributed by atoms with Gasteiger partial charge in [0.05, 0.1) is 20.2 Å². The number of aromatic nitrogens is 2. The van der Waals surface area contributed by atoms with Gasteiger partial charge in [0.1, 0.15) is 17.2 Å². The summed E-state index contributed by atoms with van der Waals surface area (Å²) in [7, 11) is 1.61. The quantitative estimate of drug-likeness (QED) is 0.710. The van der Waals surface area contributed by atoms with Gasteiger partial charge in [-0.25, -0.2) is 9.97 Å². The summed E-state index contributed by atoms with van der Waals surface area (Å²) < 4.78 is 11.4. The van der Waals surface area contributed by atoms with Crippen LogP contribution in [0.2, 0.25) is 0 Å². The molecule has 1 aliphatic rings. The molecule has 130 valence electrons. The van der Waals surface area contributed by atoms with Crippen molar-refractivity contribution in [3.05, 3.63) is 77.9 Å². The van der Waals surface area contributed by atoms with Crippen LogP contribution < -0.4 is 9.47 Å². The normalized spacial score (nSPS) is 12.9. The van der Waals surface area contributed by atoms with E-state index in [0.717, 1.165) is 11.1 Å². The van der Waals surface area contributed by atoms with Gasteiger partial charge >= 0.3 is 0 Å². The summed E-state index contributed by atoms with van der Waals surface area (Å²) in [6.45, 7) is 0.809. The minimum atomic E-state index is -0.218. The molecule has 1 aromatic heterocycles. The van der Waals surface area contributed by atoms with E-state index >= 15 is 0 Å². The molecule has 1 aliphatic heterocycles. The first-order valence-electron chi connectivity index (χ1n) is 8.23. The third-order valence-electron chi connectivity index (χ3n) is 4.23. The van der Waals surface area contributed by atoms with Crippen molar-refractivity contribution >= 4 is 5.91 Å². The second-order valence-electron chi connectivity index (χ2n) is 5.92. The molecule has 0 N–H and O–H groups in total. The maximum Gasteiger partial charge on any atom is 0.292 e. The van der Waals surface area contributed by atoms with Gasteiger partial charge in [0.25, 0.3) is 5.91 Å². The van der Waals surface area contributed by atoms with E-state index in [0.29, 0.717) is 30.3 Å². The molecule has 0 spiro atoms. The van der Waals surface area contributed by atoms with Gasteiger partial charge in [0.15, 0.2) is 0 Å². The van der Waals surface area contributed by atoms with Gasteiger partial charge in [-0.05, 0) is 24.3 Å². The Labute approximate surface area is 151 Å². The van der Waals surface area contributed by atoms with E-state index in [1.54, 1.807) is 30.5 Å². The van der Waals surface area contributed by atoms with Gasteiger partial charge in [-0.1, -0.05) is 18.2 Å². The maximum atomic E-state index is 12.9. The van der Waals surface area contributed by atoms with Crippen LogP contribution in [0.25, 0.3) is 0 Å². The summed E-state index contributed by atoms with van der Waals surface area (Å²) in [5, 5.41) is 0. The Balaban J connectivity index is 1.78. The van der Waals surface area contributed by atoms with Crippen LogP contribution in [0.4, 0.5) is 0 Å². The first-order chi connectivity index (χ1) is 12.7. The predicted octanol–water partition coefficient (Wildman–Crippen LogP) is 3.43.